The number of benzene rings is 2. The van der Waals surface area contributed by atoms with Gasteiger partial charge in [0.2, 0.25) is 17.7 Å². The predicted molar refractivity (Wildman–Crippen MR) is 179 cm³/mol. The maximum atomic E-state index is 13.6. The largest absolute Gasteiger partial charge is 0.350 e. The lowest BCUT2D eigenvalue weighted by Gasteiger charge is -2.36. The molecule has 0 bridgehead atoms. The number of aryl methyl sites for hydroxylation is 1. The molecule has 4 amide bonds. The molecule has 3 aromatic rings. The zero-order chi connectivity index (χ0) is 33.2. The zero-order valence-electron chi connectivity index (χ0n) is 27.5. The predicted octanol–water partition coefficient (Wildman–Crippen LogP) is 2.81. The van der Waals surface area contributed by atoms with Gasteiger partial charge < -0.3 is 20.9 Å². The molecule has 250 valence electrons. The summed E-state index contributed by atoms with van der Waals surface area (Å²) >= 11 is 0. The molecule has 11 nitrogen and oxygen atoms in total. The summed E-state index contributed by atoms with van der Waals surface area (Å²) in [4.78, 5) is 56.5. The SMILES string of the molecule is CCC(=O)N[C@H](Cc1ccc(CNC(=O)[C@@H](NC(=O)c2ccnn2C)C2CCCC2)cc1)C(=O)N1CCN(Cc2ccccc2)CC1. The lowest BCUT2D eigenvalue weighted by atomic mass is 9.97. The molecule has 1 aromatic heterocycles. The fraction of sp³-hybridized carbons (Fsp3) is 0.472. The molecule has 1 saturated carbocycles. The first kappa shape index (κ1) is 33.8. The molecule has 47 heavy (non-hydrogen) atoms. The fourth-order valence-corrected chi connectivity index (χ4v) is 6.51. The Hall–Kier alpha value is -4.51. The third-order valence-electron chi connectivity index (χ3n) is 9.31. The summed E-state index contributed by atoms with van der Waals surface area (Å²) in [5.41, 5.74) is 3.49. The number of nitrogens with one attached hydrogen (secondary N) is 3. The highest BCUT2D eigenvalue weighted by molar-refractivity contribution is 5.96. The lowest BCUT2D eigenvalue weighted by Crippen LogP contribution is -2.55. The van der Waals surface area contributed by atoms with E-state index in [1.165, 1.54) is 10.2 Å². The van der Waals surface area contributed by atoms with E-state index in [-0.39, 0.29) is 29.5 Å². The Balaban J connectivity index is 1.15. The Morgan fingerprint density at radius 2 is 1.53 bits per heavy atom. The van der Waals surface area contributed by atoms with E-state index in [0.29, 0.717) is 38.2 Å². The molecule has 3 N–H and O–H groups in total. The number of hydrogen-bond acceptors (Lipinski definition) is 6. The quantitative estimate of drug-likeness (QED) is 0.263. The first-order valence-corrected chi connectivity index (χ1v) is 16.8. The average Bonchev–Trinajstić information content (AvgIpc) is 3.79. The summed E-state index contributed by atoms with van der Waals surface area (Å²) in [6, 6.07) is 18.4. The van der Waals surface area contributed by atoms with Crippen LogP contribution in [0.15, 0.2) is 66.9 Å². The van der Waals surface area contributed by atoms with E-state index >= 15 is 0 Å². The van der Waals surface area contributed by atoms with Crippen LogP contribution in [0.3, 0.4) is 0 Å². The highest BCUT2D eigenvalue weighted by atomic mass is 16.2. The van der Waals surface area contributed by atoms with E-state index < -0.39 is 12.1 Å². The van der Waals surface area contributed by atoms with Crippen LogP contribution in [0.25, 0.3) is 0 Å². The topological polar surface area (TPSA) is 129 Å². The normalized spacial score (nSPS) is 16.8. The standard InChI is InChI=1S/C36H47N7O4/c1-3-32(44)39-30(36(47)43-21-19-42(20-22-43)25-28-9-5-4-6-10-28)23-26-13-15-27(16-14-26)24-37-35(46)33(29-11-7-8-12-29)40-34(45)31-17-18-38-41(31)2/h4-6,9-10,13-18,29-30,33H,3,7-8,11-12,19-25H2,1-2H3,(H,37,46)(H,39,44)(H,40,45)/t30-,33+/m1/s1. The summed E-state index contributed by atoms with van der Waals surface area (Å²) in [5, 5.41) is 13.0. The van der Waals surface area contributed by atoms with Crippen molar-refractivity contribution in [3.63, 3.8) is 0 Å². The third-order valence-corrected chi connectivity index (χ3v) is 9.31. The molecule has 5 rings (SSSR count). The zero-order valence-corrected chi connectivity index (χ0v) is 27.5. The molecule has 0 spiro atoms. The number of piperazine rings is 1. The minimum absolute atomic E-state index is 0.0615. The first-order valence-electron chi connectivity index (χ1n) is 16.8. The molecule has 2 heterocycles. The number of rotatable bonds is 13. The number of amides is 4. The Labute approximate surface area is 277 Å². The Kier molecular flexibility index (Phi) is 11.8. The molecule has 0 unspecified atom stereocenters. The van der Waals surface area contributed by atoms with Crippen LogP contribution in [0.1, 0.15) is 66.2 Å². The molecular weight excluding hydrogens is 594 g/mol. The van der Waals surface area contributed by atoms with Gasteiger partial charge in [0.1, 0.15) is 17.8 Å². The summed E-state index contributed by atoms with van der Waals surface area (Å²) in [5.74, 6) is -0.636. The van der Waals surface area contributed by atoms with Crippen LogP contribution in [0.5, 0.6) is 0 Å². The minimum Gasteiger partial charge on any atom is -0.350 e. The molecule has 2 fully saturated rings. The summed E-state index contributed by atoms with van der Waals surface area (Å²) in [6.45, 7) is 5.75. The molecule has 1 aliphatic carbocycles. The van der Waals surface area contributed by atoms with Crippen LogP contribution < -0.4 is 16.0 Å². The molecule has 1 saturated heterocycles. The van der Waals surface area contributed by atoms with E-state index in [4.69, 9.17) is 0 Å². The van der Waals surface area contributed by atoms with Crippen molar-refractivity contribution in [2.45, 2.75) is 70.6 Å². The van der Waals surface area contributed by atoms with Crippen molar-refractivity contribution in [3.05, 3.63) is 89.2 Å². The molecule has 2 atom stereocenters. The van der Waals surface area contributed by atoms with Crippen LogP contribution >= 0.6 is 0 Å². The maximum absolute atomic E-state index is 13.6. The van der Waals surface area contributed by atoms with Crippen LogP contribution in [0, 0.1) is 5.92 Å². The number of nitrogens with zero attached hydrogens (tertiary/aromatic N) is 4. The average molecular weight is 642 g/mol. The van der Waals surface area contributed by atoms with Crippen LogP contribution in [0.4, 0.5) is 0 Å². The van der Waals surface area contributed by atoms with Crippen molar-refractivity contribution >= 4 is 23.6 Å². The molecule has 11 heteroatoms. The van der Waals surface area contributed by atoms with Gasteiger partial charge in [-0.05, 0) is 41.5 Å². The van der Waals surface area contributed by atoms with Gasteiger partial charge in [0.15, 0.2) is 0 Å². The van der Waals surface area contributed by atoms with Crippen molar-refractivity contribution in [1.82, 2.24) is 35.5 Å². The maximum Gasteiger partial charge on any atom is 0.270 e. The summed E-state index contributed by atoms with van der Waals surface area (Å²) < 4.78 is 1.50. The van der Waals surface area contributed by atoms with Crippen LogP contribution in [-0.2, 0) is 40.9 Å². The summed E-state index contributed by atoms with van der Waals surface area (Å²) in [7, 11) is 1.70. The van der Waals surface area contributed by atoms with Gasteiger partial charge in [-0.25, -0.2) is 0 Å². The van der Waals surface area contributed by atoms with Gasteiger partial charge in [0.25, 0.3) is 5.91 Å². The third kappa shape index (κ3) is 9.28. The van der Waals surface area contributed by atoms with Crippen molar-refractivity contribution < 1.29 is 19.2 Å². The van der Waals surface area contributed by atoms with Crippen molar-refractivity contribution in [2.75, 3.05) is 26.2 Å². The van der Waals surface area contributed by atoms with Gasteiger partial charge in [0.05, 0.1) is 0 Å². The van der Waals surface area contributed by atoms with Gasteiger partial charge in [0, 0.05) is 65.4 Å². The second kappa shape index (κ2) is 16.4. The molecule has 2 aliphatic rings. The molecule has 1 aliphatic heterocycles. The van der Waals surface area contributed by atoms with Crippen molar-refractivity contribution in [1.29, 1.82) is 0 Å². The van der Waals surface area contributed by atoms with E-state index in [2.05, 4.69) is 38.1 Å². The second-order valence-electron chi connectivity index (χ2n) is 12.6. The number of hydrogen-bond donors (Lipinski definition) is 3. The van der Waals surface area contributed by atoms with Gasteiger partial charge in [-0.15, -0.1) is 0 Å². The van der Waals surface area contributed by atoms with E-state index in [1.807, 2.05) is 47.4 Å². The van der Waals surface area contributed by atoms with E-state index in [9.17, 15) is 19.2 Å². The Morgan fingerprint density at radius 1 is 0.851 bits per heavy atom. The van der Waals surface area contributed by atoms with Gasteiger partial charge in [-0.1, -0.05) is 74.4 Å². The molecule has 0 radical (unpaired) electrons. The highest BCUT2D eigenvalue weighted by Gasteiger charge is 2.33. The second-order valence-corrected chi connectivity index (χ2v) is 12.6. The van der Waals surface area contributed by atoms with Gasteiger partial charge >= 0.3 is 0 Å². The van der Waals surface area contributed by atoms with Crippen LogP contribution in [-0.4, -0.2) is 81.5 Å². The number of carbonyl (C=O) groups excluding carboxylic acids is 4. The summed E-state index contributed by atoms with van der Waals surface area (Å²) in [6.07, 6.45) is 6.14. The smallest absolute Gasteiger partial charge is 0.270 e. The number of carbonyl (C=O) groups is 4. The van der Waals surface area contributed by atoms with E-state index in [0.717, 1.165) is 56.4 Å². The first-order chi connectivity index (χ1) is 22.8. The van der Waals surface area contributed by atoms with E-state index in [1.54, 1.807) is 26.2 Å². The fourth-order valence-electron chi connectivity index (χ4n) is 6.51. The number of aromatic nitrogens is 2. The Bertz CT molecular complexity index is 1490. The lowest BCUT2D eigenvalue weighted by molar-refractivity contribution is -0.138. The van der Waals surface area contributed by atoms with Crippen LogP contribution in [0.2, 0.25) is 0 Å². The van der Waals surface area contributed by atoms with Gasteiger partial charge in [-0.2, -0.15) is 5.10 Å². The molecular formula is C36H47N7O4. The Morgan fingerprint density at radius 3 is 2.17 bits per heavy atom. The van der Waals surface area contributed by atoms with Crippen molar-refractivity contribution in [3.8, 4) is 0 Å². The minimum atomic E-state index is -0.649. The van der Waals surface area contributed by atoms with Gasteiger partial charge in [-0.3, -0.25) is 28.8 Å². The molecule has 2 aromatic carbocycles. The van der Waals surface area contributed by atoms with Crippen molar-refractivity contribution in [2.24, 2.45) is 13.0 Å². The monoisotopic (exact) mass is 641 g/mol. The highest BCUT2D eigenvalue weighted by Crippen LogP contribution is 2.28.